The number of benzene rings is 3. The van der Waals surface area contributed by atoms with Crippen molar-refractivity contribution in [1.82, 2.24) is 5.32 Å². The number of hydrogen-bond donors (Lipinski definition) is 3. The van der Waals surface area contributed by atoms with Gasteiger partial charge in [0.2, 0.25) is 0 Å². The van der Waals surface area contributed by atoms with Gasteiger partial charge in [0, 0.05) is 18.3 Å². The molecule has 33 heavy (non-hydrogen) atoms. The van der Waals surface area contributed by atoms with Crippen LogP contribution in [0.5, 0.6) is 0 Å². The Morgan fingerprint density at radius 2 is 1.70 bits per heavy atom. The summed E-state index contributed by atoms with van der Waals surface area (Å²) in [5, 5.41) is 17.3. The summed E-state index contributed by atoms with van der Waals surface area (Å²) in [7, 11) is 0. The van der Waals surface area contributed by atoms with Crippen LogP contribution >= 0.6 is 0 Å². The fourth-order valence-corrected chi connectivity index (χ4v) is 4.94. The fourth-order valence-electron chi connectivity index (χ4n) is 4.94. The van der Waals surface area contributed by atoms with Gasteiger partial charge in [-0.05, 0) is 91.0 Å². The zero-order valence-electron chi connectivity index (χ0n) is 19.0. The smallest absolute Gasteiger partial charge is 0.319 e. The fraction of sp³-hybridized carbons (Fsp3) is 0.393. The summed E-state index contributed by atoms with van der Waals surface area (Å²) in [5.74, 6) is 0.523. The maximum absolute atomic E-state index is 13.4. The first-order valence-electron chi connectivity index (χ1n) is 12.0. The molecule has 3 N–H and O–H groups in total. The van der Waals surface area contributed by atoms with Crippen LogP contribution in [0.1, 0.15) is 49.7 Å². The number of anilines is 1. The number of para-hydroxylation sites is 1. The average Bonchev–Trinajstić information content (AvgIpc) is 2.82. The first kappa shape index (κ1) is 23.2. The largest absolute Gasteiger partial charge is 0.396 e. The van der Waals surface area contributed by atoms with E-state index in [0.29, 0.717) is 12.3 Å². The van der Waals surface area contributed by atoms with E-state index >= 15 is 0 Å². The molecule has 0 radical (unpaired) electrons. The molecule has 0 aliphatic heterocycles. The Bertz CT molecular complexity index is 1080. The van der Waals surface area contributed by atoms with E-state index in [1.54, 1.807) is 6.07 Å². The van der Waals surface area contributed by atoms with Crippen molar-refractivity contribution in [3.63, 3.8) is 0 Å². The lowest BCUT2D eigenvalue weighted by molar-refractivity contribution is 0.235. The monoisotopic (exact) mass is 448 g/mol. The molecule has 0 unspecified atom stereocenters. The highest BCUT2D eigenvalue weighted by atomic mass is 19.1. The molecule has 1 aliphatic rings. The van der Waals surface area contributed by atoms with Crippen LogP contribution in [-0.4, -0.2) is 23.8 Å². The molecule has 0 atom stereocenters. The minimum absolute atomic E-state index is 0.0607. The van der Waals surface area contributed by atoms with Crippen LogP contribution in [0.2, 0.25) is 0 Å². The van der Waals surface area contributed by atoms with Gasteiger partial charge in [-0.2, -0.15) is 0 Å². The topological polar surface area (TPSA) is 61.4 Å². The molecule has 3 aromatic rings. The van der Waals surface area contributed by atoms with Crippen LogP contribution in [0.15, 0.2) is 60.7 Å². The molecular formula is C28H33FN2O2. The molecule has 1 saturated carbocycles. The summed E-state index contributed by atoms with van der Waals surface area (Å²) in [6.07, 6.45) is 8.23. The average molecular weight is 449 g/mol. The lowest BCUT2D eigenvalue weighted by Gasteiger charge is -2.29. The Morgan fingerprint density at radius 1 is 0.939 bits per heavy atom. The second-order valence-corrected chi connectivity index (χ2v) is 9.16. The van der Waals surface area contributed by atoms with Gasteiger partial charge >= 0.3 is 6.03 Å². The lowest BCUT2D eigenvalue weighted by atomic mass is 9.83. The van der Waals surface area contributed by atoms with Gasteiger partial charge in [-0.1, -0.05) is 48.9 Å². The number of rotatable bonds is 8. The van der Waals surface area contributed by atoms with Crippen LogP contribution < -0.4 is 10.6 Å². The predicted molar refractivity (Wildman–Crippen MR) is 132 cm³/mol. The number of halogens is 1. The Labute approximate surface area is 195 Å². The number of fused-ring (bicyclic) bond motifs is 1. The molecule has 0 bridgehead atoms. The van der Waals surface area contributed by atoms with E-state index in [-0.39, 0.29) is 24.5 Å². The van der Waals surface area contributed by atoms with E-state index in [0.717, 1.165) is 60.5 Å². The molecule has 0 saturated heterocycles. The molecule has 5 heteroatoms. The minimum atomic E-state index is -0.190. The van der Waals surface area contributed by atoms with Crippen molar-refractivity contribution >= 4 is 22.5 Å². The van der Waals surface area contributed by atoms with Crippen molar-refractivity contribution in [1.29, 1.82) is 0 Å². The number of nitrogens with one attached hydrogen (secondary N) is 2. The van der Waals surface area contributed by atoms with Crippen molar-refractivity contribution < 1.29 is 14.3 Å². The number of carbonyl (C=O) groups is 1. The second-order valence-electron chi connectivity index (χ2n) is 9.16. The number of amides is 2. The van der Waals surface area contributed by atoms with Gasteiger partial charge in [-0.15, -0.1) is 0 Å². The molecule has 1 fully saturated rings. The van der Waals surface area contributed by atoms with Crippen molar-refractivity contribution in [3.05, 3.63) is 77.6 Å². The first-order chi connectivity index (χ1) is 16.1. The Hall–Kier alpha value is -2.92. The summed E-state index contributed by atoms with van der Waals surface area (Å²) in [4.78, 5) is 12.5. The van der Waals surface area contributed by atoms with Gasteiger partial charge in [0.25, 0.3) is 0 Å². The van der Waals surface area contributed by atoms with E-state index in [2.05, 4.69) is 22.8 Å². The van der Waals surface area contributed by atoms with Crippen LogP contribution in [-0.2, 0) is 12.8 Å². The molecule has 0 spiro atoms. The highest BCUT2D eigenvalue weighted by Gasteiger charge is 2.22. The van der Waals surface area contributed by atoms with Gasteiger partial charge in [-0.3, -0.25) is 0 Å². The SMILES string of the molecule is O=C(Nc1ccccc1CCO)NC1CCC(CCCc2ccc3cc(F)ccc3c2)CC1. The molecule has 0 aromatic heterocycles. The third-order valence-corrected chi connectivity index (χ3v) is 6.77. The third-order valence-electron chi connectivity index (χ3n) is 6.77. The van der Waals surface area contributed by atoms with E-state index in [1.165, 1.54) is 18.1 Å². The zero-order valence-corrected chi connectivity index (χ0v) is 19.0. The molecule has 0 heterocycles. The summed E-state index contributed by atoms with van der Waals surface area (Å²) >= 11 is 0. The number of carbonyl (C=O) groups excluding carboxylic acids is 1. The van der Waals surface area contributed by atoms with E-state index in [9.17, 15) is 14.3 Å². The molecule has 4 rings (SSSR count). The van der Waals surface area contributed by atoms with Gasteiger partial charge < -0.3 is 15.7 Å². The van der Waals surface area contributed by atoms with Crippen LogP contribution in [0.3, 0.4) is 0 Å². The Balaban J connectivity index is 1.18. The predicted octanol–water partition coefficient (Wildman–Crippen LogP) is 6.22. The second kappa shape index (κ2) is 11.3. The maximum atomic E-state index is 13.4. The number of aryl methyl sites for hydroxylation is 1. The third kappa shape index (κ3) is 6.55. The van der Waals surface area contributed by atoms with Gasteiger partial charge in [0.1, 0.15) is 5.82 Å². The van der Waals surface area contributed by atoms with Crippen molar-refractivity contribution in [3.8, 4) is 0 Å². The van der Waals surface area contributed by atoms with Crippen LogP contribution in [0.4, 0.5) is 14.9 Å². The van der Waals surface area contributed by atoms with Crippen molar-refractivity contribution in [2.45, 2.75) is 57.4 Å². The Kier molecular flexibility index (Phi) is 7.95. The summed E-state index contributed by atoms with van der Waals surface area (Å²) in [6.45, 7) is 0.0607. The number of aliphatic hydroxyl groups is 1. The van der Waals surface area contributed by atoms with E-state index in [1.807, 2.05) is 36.4 Å². The molecule has 174 valence electrons. The van der Waals surface area contributed by atoms with E-state index in [4.69, 9.17) is 0 Å². The lowest BCUT2D eigenvalue weighted by Crippen LogP contribution is -2.40. The van der Waals surface area contributed by atoms with Crippen molar-refractivity contribution in [2.24, 2.45) is 5.92 Å². The quantitative estimate of drug-likeness (QED) is 0.383. The van der Waals surface area contributed by atoms with Gasteiger partial charge in [-0.25, -0.2) is 9.18 Å². The molecular weight excluding hydrogens is 415 g/mol. The zero-order chi connectivity index (χ0) is 23.0. The summed E-state index contributed by atoms with van der Waals surface area (Å²) < 4.78 is 13.4. The molecule has 3 aromatic carbocycles. The number of hydrogen-bond acceptors (Lipinski definition) is 2. The molecule has 4 nitrogen and oxygen atoms in total. The molecule has 1 aliphatic carbocycles. The van der Waals surface area contributed by atoms with Crippen LogP contribution in [0.25, 0.3) is 10.8 Å². The molecule has 2 amide bonds. The highest BCUT2D eigenvalue weighted by molar-refractivity contribution is 5.90. The normalized spacial score (nSPS) is 18.2. The van der Waals surface area contributed by atoms with Crippen LogP contribution in [0, 0.1) is 11.7 Å². The summed E-state index contributed by atoms with van der Waals surface area (Å²) in [6, 6.07) is 18.9. The van der Waals surface area contributed by atoms with Gasteiger partial charge in [0.05, 0.1) is 0 Å². The number of urea groups is 1. The highest BCUT2D eigenvalue weighted by Crippen LogP contribution is 2.29. The summed E-state index contributed by atoms with van der Waals surface area (Å²) in [5.41, 5.74) is 3.01. The van der Waals surface area contributed by atoms with E-state index < -0.39 is 0 Å². The maximum Gasteiger partial charge on any atom is 0.319 e. The minimum Gasteiger partial charge on any atom is -0.396 e. The first-order valence-corrected chi connectivity index (χ1v) is 12.0. The standard InChI is InChI=1S/C28H33FN2O2/c29-25-13-12-23-18-21(8-11-24(23)19-25)5-3-4-20-9-14-26(15-10-20)30-28(33)31-27-7-2-1-6-22(27)16-17-32/h1-2,6-8,11-13,18-20,26,32H,3-5,9-10,14-17H2,(H2,30,31,33). The van der Waals surface area contributed by atoms with Gasteiger partial charge in [0.15, 0.2) is 0 Å². The number of aliphatic hydroxyl groups excluding tert-OH is 1. The van der Waals surface area contributed by atoms with Crippen molar-refractivity contribution in [2.75, 3.05) is 11.9 Å². The Morgan fingerprint density at radius 3 is 2.52 bits per heavy atom.